The maximum Gasteiger partial charge on any atom is 0.0243 e. The first kappa shape index (κ1) is 42.2. The van der Waals surface area contributed by atoms with E-state index in [1.807, 2.05) is 36.4 Å². The summed E-state index contributed by atoms with van der Waals surface area (Å²) in [7, 11) is 0. The molecule has 72 heavy (non-hydrogen) atoms. The van der Waals surface area contributed by atoms with Gasteiger partial charge in [-0.3, -0.25) is 0 Å². The molecule has 10 aromatic rings. The smallest absolute Gasteiger partial charge is 0.0243 e. The van der Waals surface area contributed by atoms with E-state index in [9.17, 15) is 0 Å². The van der Waals surface area contributed by atoms with Gasteiger partial charge in [0.25, 0.3) is 0 Å². The fourth-order valence-corrected chi connectivity index (χ4v) is 11.0. The highest BCUT2D eigenvalue weighted by atomic mass is 14.3. The predicted molar refractivity (Wildman–Crippen MR) is 303 cm³/mol. The second-order valence-electron chi connectivity index (χ2n) is 18.7. The van der Waals surface area contributed by atoms with Crippen molar-refractivity contribution in [2.45, 2.75) is 0 Å². The molecule has 0 amide bonds. The van der Waals surface area contributed by atoms with Crippen molar-refractivity contribution in [2.24, 2.45) is 0 Å². The van der Waals surface area contributed by atoms with Gasteiger partial charge in [-0.05, 0) is 225 Å². The Balaban J connectivity index is 0.990. The minimum absolute atomic E-state index is 0.869. The van der Waals surface area contributed by atoms with Gasteiger partial charge in [-0.2, -0.15) is 0 Å². The summed E-state index contributed by atoms with van der Waals surface area (Å²) >= 11 is 0. The minimum atomic E-state index is 0.869. The Labute approximate surface area is 421 Å². The first-order chi connectivity index (χ1) is 35.5. The van der Waals surface area contributed by atoms with E-state index in [1.54, 1.807) is 0 Å². The molecule has 0 aromatic heterocycles. The van der Waals surface area contributed by atoms with E-state index >= 15 is 0 Å². The summed E-state index contributed by atoms with van der Waals surface area (Å²) in [5, 5.41) is 0. The third kappa shape index (κ3) is 7.26. The Morgan fingerprint density at radius 1 is 0.222 bits per heavy atom. The van der Waals surface area contributed by atoms with E-state index in [0.717, 1.165) is 66.8 Å². The molecule has 0 atom stereocenters. The largest absolute Gasteiger partial charge is 0.115 e. The zero-order valence-electron chi connectivity index (χ0n) is 39.2. The van der Waals surface area contributed by atoms with Crippen LogP contribution in [0.15, 0.2) is 218 Å². The zero-order chi connectivity index (χ0) is 48.3. The number of rotatable bonds is 6. The highest BCUT2D eigenvalue weighted by Gasteiger charge is 2.27. The Bertz CT molecular complexity index is 3680. The van der Waals surface area contributed by atoms with Crippen LogP contribution in [0, 0.1) is 37.0 Å². The van der Waals surface area contributed by atoms with E-state index in [0.29, 0.717) is 0 Å². The van der Waals surface area contributed by atoms with Gasteiger partial charge in [0.1, 0.15) is 0 Å². The molecular formula is C72H42. The third-order valence-corrected chi connectivity index (χ3v) is 14.5. The Kier molecular flexibility index (Phi) is 10.1. The van der Waals surface area contributed by atoms with Crippen LogP contribution in [-0.4, -0.2) is 0 Å². The van der Waals surface area contributed by atoms with Gasteiger partial charge < -0.3 is 0 Å². The van der Waals surface area contributed by atoms with Gasteiger partial charge in [0, 0.05) is 16.7 Å². The van der Waals surface area contributed by atoms with Crippen molar-refractivity contribution in [3.8, 4) is 104 Å². The fourth-order valence-electron chi connectivity index (χ4n) is 11.0. The molecule has 0 fully saturated rings. The second-order valence-corrected chi connectivity index (χ2v) is 18.7. The topological polar surface area (TPSA) is 0 Å². The average molecular weight is 907 g/mol. The standard InChI is InChI=1S/C72H42/c1-4-46-19-25-49(26-20-46)37-67-61-16-10-7-13-58(61)64-34-31-52(43-70(64)67)55-40-56(53-32-35-65-59-14-8-11-17-62(59)68(71(65)44-53)38-50-27-21-47(5-2)22-28-50)42-57(41-55)54-33-36-66-60-15-9-12-18-63(60)69(72(66)45-54)39-51-29-23-48(6-3)24-30-51/h1-3,7-45H/b67-37+,68-38+,69-39+. The van der Waals surface area contributed by atoms with E-state index in [2.05, 4.69) is 218 Å². The second kappa shape index (κ2) is 17.3. The van der Waals surface area contributed by atoms with Crippen LogP contribution in [-0.2, 0) is 0 Å². The molecule has 330 valence electrons. The van der Waals surface area contributed by atoms with E-state index < -0.39 is 0 Å². The summed E-state index contributed by atoms with van der Waals surface area (Å²) < 4.78 is 0. The first-order valence-corrected chi connectivity index (χ1v) is 24.2. The van der Waals surface area contributed by atoms with Crippen molar-refractivity contribution in [1.29, 1.82) is 0 Å². The van der Waals surface area contributed by atoms with Crippen LogP contribution >= 0.6 is 0 Å². The lowest BCUT2D eigenvalue weighted by Gasteiger charge is -2.15. The first-order valence-electron chi connectivity index (χ1n) is 24.2. The molecular weight excluding hydrogens is 865 g/mol. The Hall–Kier alpha value is -9.90. The maximum absolute atomic E-state index is 5.75. The van der Waals surface area contributed by atoms with Gasteiger partial charge >= 0.3 is 0 Å². The highest BCUT2D eigenvalue weighted by Crippen LogP contribution is 2.50. The number of fused-ring (bicyclic) bond motifs is 9. The number of benzene rings is 10. The molecule has 0 unspecified atom stereocenters. The molecule has 0 heterocycles. The molecule has 0 N–H and O–H groups in total. The van der Waals surface area contributed by atoms with Crippen LogP contribution in [0.5, 0.6) is 0 Å². The molecule has 0 aliphatic heterocycles. The summed E-state index contributed by atoms with van der Waals surface area (Å²) in [6.07, 6.45) is 24.1. The van der Waals surface area contributed by atoms with Gasteiger partial charge in [-0.15, -0.1) is 19.3 Å². The number of terminal acetylenes is 3. The molecule has 3 aliphatic carbocycles. The van der Waals surface area contributed by atoms with E-state index in [-0.39, 0.29) is 0 Å². The molecule has 0 heteroatoms. The molecule has 0 saturated carbocycles. The lowest BCUT2D eigenvalue weighted by atomic mass is 9.89. The van der Waals surface area contributed by atoms with Crippen LogP contribution in [0.25, 0.3) is 102 Å². The maximum atomic E-state index is 5.75. The monoisotopic (exact) mass is 906 g/mol. The van der Waals surface area contributed by atoms with Crippen LogP contribution in [0.3, 0.4) is 0 Å². The summed E-state index contributed by atoms with van der Waals surface area (Å²) in [4.78, 5) is 0. The van der Waals surface area contributed by atoms with Crippen LogP contribution in [0.2, 0.25) is 0 Å². The van der Waals surface area contributed by atoms with Crippen molar-refractivity contribution in [3.05, 3.63) is 285 Å². The molecule has 0 bridgehead atoms. The summed E-state index contributed by atoms with van der Waals surface area (Å²) in [6, 6.07) is 79.0. The van der Waals surface area contributed by atoms with Crippen molar-refractivity contribution in [3.63, 3.8) is 0 Å². The van der Waals surface area contributed by atoms with Gasteiger partial charge in [0.2, 0.25) is 0 Å². The van der Waals surface area contributed by atoms with Crippen LogP contribution in [0.1, 0.15) is 66.8 Å². The normalized spacial score (nSPS) is 13.9. The SMILES string of the molecule is C#Cc1ccc(/C=C2\c3ccccc3-c3ccc(-c4cc(-c5ccc6c(c5)/C(=C/c5ccc(C#C)cc5)c5ccccc5-6)cc(-c5ccc6c(c5)/C(=C/c5ccc(C#C)cc5)c5ccccc5-6)c4)cc32)cc1. The average Bonchev–Trinajstić information content (AvgIpc) is 4.05. The molecule has 0 radical (unpaired) electrons. The minimum Gasteiger partial charge on any atom is -0.115 e. The van der Waals surface area contributed by atoms with Gasteiger partial charge in [0.05, 0.1) is 0 Å². The Morgan fingerprint density at radius 2 is 0.472 bits per heavy atom. The summed E-state index contributed by atoms with van der Waals surface area (Å²) in [5.74, 6) is 8.29. The molecule has 3 aliphatic rings. The van der Waals surface area contributed by atoms with Crippen LogP contribution in [0.4, 0.5) is 0 Å². The Morgan fingerprint density at radius 3 is 0.736 bits per heavy atom. The molecule has 0 nitrogen and oxygen atoms in total. The lowest BCUT2D eigenvalue weighted by molar-refractivity contribution is 1.55. The number of hydrogen-bond acceptors (Lipinski definition) is 0. The summed E-state index contributed by atoms with van der Waals surface area (Å²) in [6.45, 7) is 0. The predicted octanol–water partition coefficient (Wildman–Crippen LogP) is 17.3. The molecule has 10 aromatic carbocycles. The third-order valence-electron chi connectivity index (χ3n) is 14.5. The summed E-state index contributed by atoms with van der Waals surface area (Å²) in [5.41, 5.74) is 31.1. The van der Waals surface area contributed by atoms with Crippen molar-refractivity contribution in [1.82, 2.24) is 0 Å². The number of hydrogen-bond donors (Lipinski definition) is 0. The van der Waals surface area contributed by atoms with Crippen molar-refractivity contribution >= 4 is 34.9 Å². The zero-order valence-corrected chi connectivity index (χ0v) is 39.2. The lowest BCUT2D eigenvalue weighted by Crippen LogP contribution is -1.90. The van der Waals surface area contributed by atoms with E-state index in [1.165, 1.54) is 83.5 Å². The highest BCUT2D eigenvalue weighted by molar-refractivity contribution is 6.10. The van der Waals surface area contributed by atoms with Gasteiger partial charge in [-0.1, -0.05) is 163 Å². The van der Waals surface area contributed by atoms with Gasteiger partial charge in [0.15, 0.2) is 0 Å². The van der Waals surface area contributed by atoms with Crippen molar-refractivity contribution < 1.29 is 0 Å². The quantitative estimate of drug-likeness (QED) is 0.146. The van der Waals surface area contributed by atoms with Crippen molar-refractivity contribution in [2.75, 3.05) is 0 Å². The fraction of sp³-hybridized carbons (Fsp3) is 0. The molecule has 13 rings (SSSR count). The van der Waals surface area contributed by atoms with E-state index in [4.69, 9.17) is 19.3 Å². The molecule has 0 spiro atoms. The molecule has 0 saturated heterocycles. The van der Waals surface area contributed by atoms with Crippen LogP contribution < -0.4 is 0 Å². The van der Waals surface area contributed by atoms with Gasteiger partial charge in [-0.25, -0.2) is 0 Å².